The molecule has 2 rings (SSSR count). The molecule has 98 valence electrons. The van der Waals surface area contributed by atoms with Crippen molar-refractivity contribution in [3.8, 4) is 11.8 Å². The third-order valence-electron chi connectivity index (χ3n) is 2.47. The number of halogens is 3. The molecule has 0 unspecified atom stereocenters. The van der Waals surface area contributed by atoms with E-state index in [4.69, 9.17) is 0 Å². The Kier molecular flexibility index (Phi) is 4.22. The molecule has 0 saturated carbocycles. The summed E-state index contributed by atoms with van der Waals surface area (Å²) in [7, 11) is 0. The van der Waals surface area contributed by atoms with Gasteiger partial charge in [-0.25, -0.2) is 4.98 Å². The van der Waals surface area contributed by atoms with Crippen molar-refractivity contribution in [3.63, 3.8) is 0 Å². The fraction of sp³-hybridized carbons (Fsp3) is 0.545. The van der Waals surface area contributed by atoms with Crippen molar-refractivity contribution < 1.29 is 13.2 Å². The Balaban J connectivity index is 1.91. The van der Waals surface area contributed by atoms with Crippen LogP contribution in [0.1, 0.15) is 9.88 Å². The molecular formula is C11H12F3N3S. The highest BCUT2D eigenvalue weighted by atomic mass is 32.1. The molecule has 1 saturated heterocycles. The van der Waals surface area contributed by atoms with E-state index in [1.807, 2.05) is 0 Å². The zero-order valence-electron chi connectivity index (χ0n) is 9.55. The van der Waals surface area contributed by atoms with Crippen molar-refractivity contribution in [2.75, 3.05) is 32.7 Å². The Hall–Kier alpha value is -1.10. The van der Waals surface area contributed by atoms with E-state index >= 15 is 0 Å². The van der Waals surface area contributed by atoms with Gasteiger partial charge in [-0.05, 0) is 0 Å². The van der Waals surface area contributed by atoms with Crippen molar-refractivity contribution in [1.29, 1.82) is 0 Å². The summed E-state index contributed by atoms with van der Waals surface area (Å²) in [5.74, 6) is 5.62. The Labute approximate surface area is 107 Å². The van der Waals surface area contributed by atoms with Crippen LogP contribution in [0.5, 0.6) is 0 Å². The van der Waals surface area contributed by atoms with Gasteiger partial charge >= 0.3 is 6.18 Å². The molecule has 0 radical (unpaired) electrons. The molecule has 0 aromatic carbocycles. The van der Waals surface area contributed by atoms with Crippen LogP contribution >= 0.6 is 11.3 Å². The van der Waals surface area contributed by atoms with Crippen molar-refractivity contribution in [2.45, 2.75) is 6.18 Å². The molecule has 0 amide bonds. The number of aromatic nitrogens is 1. The summed E-state index contributed by atoms with van der Waals surface area (Å²) in [5, 5.41) is 2.38. The molecule has 0 bridgehead atoms. The SMILES string of the molecule is FC(F)(F)c1ncc(C#CCN2CCNCC2)s1. The summed E-state index contributed by atoms with van der Waals surface area (Å²) in [4.78, 5) is 5.84. The van der Waals surface area contributed by atoms with Crippen LogP contribution in [-0.2, 0) is 6.18 Å². The van der Waals surface area contributed by atoms with Gasteiger partial charge < -0.3 is 5.32 Å². The molecule has 2 heterocycles. The zero-order valence-corrected chi connectivity index (χ0v) is 10.4. The van der Waals surface area contributed by atoms with E-state index in [0.29, 0.717) is 22.8 Å². The standard InChI is InChI=1S/C11H12F3N3S/c12-11(13,14)10-16-8-9(18-10)2-1-5-17-6-3-15-4-7-17/h8,15H,3-7H2. The van der Waals surface area contributed by atoms with Gasteiger partial charge in [-0.1, -0.05) is 11.8 Å². The molecule has 0 atom stereocenters. The molecule has 1 N–H and O–H groups in total. The molecule has 1 aromatic heterocycles. The van der Waals surface area contributed by atoms with Gasteiger partial charge in [0.2, 0.25) is 0 Å². The van der Waals surface area contributed by atoms with Crippen molar-refractivity contribution >= 4 is 11.3 Å². The van der Waals surface area contributed by atoms with Crippen LogP contribution in [0.2, 0.25) is 0 Å². The van der Waals surface area contributed by atoms with Gasteiger partial charge in [0.15, 0.2) is 5.01 Å². The molecule has 3 nitrogen and oxygen atoms in total. The van der Waals surface area contributed by atoms with Crippen LogP contribution in [0.3, 0.4) is 0 Å². The lowest BCUT2D eigenvalue weighted by atomic mass is 10.3. The summed E-state index contributed by atoms with van der Waals surface area (Å²) in [6.45, 7) is 4.29. The van der Waals surface area contributed by atoms with Gasteiger partial charge in [0.25, 0.3) is 0 Å². The Bertz CT molecular complexity index is 452. The number of rotatable bonds is 1. The molecule has 1 aliphatic rings. The van der Waals surface area contributed by atoms with Crippen molar-refractivity contribution in [2.24, 2.45) is 0 Å². The molecule has 1 aliphatic heterocycles. The maximum Gasteiger partial charge on any atom is 0.443 e. The summed E-state index contributed by atoms with van der Waals surface area (Å²) in [6, 6.07) is 0. The van der Waals surface area contributed by atoms with E-state index in [0.717, 1.165) is 26.2 Å². The first-order valence-electron chi connectivity index (χ1n) is 5.51. The average molecular weight is 275 g/mol. The van der Waals surface area contributed by atoms with E-state index in [1.165, 1.54) is 6.20 Å². The molecule has 0 spiro atoms. The largest absolute Gasteiger partial charge is 0.443 e. The predicted octanol–water partition coefficient (Wildman–Crippen LogP) is 1.42. The van der Waals surface area contributed by atoms with Crippen LogP contribution in [-0.4, -0.2) is 42.6 Å². The normalized spacial score (nSPS) is 17.3. The first-order valence-corrected chi connectivity index (χ1v) is 6.32. The lowest BCUT2D eigenvalue weighted by Crippen LogP contribution is -2.43. The summed E-state index contributed by atoms with van der Waals surface area (Å²) in [5.41, 5.74) is 0. The van der Waals surface area contributed by atoms with Gasteiger partial charge in [0.1, 0.15) is 0 Å². The van der Waals surface area contributed by atoms with Crippen LogP contribution in [0, 0.1) is 11.8 Å². The Morgan fingerprint density at radius 2 is 2.11 bits per heavy atom. The Morgan fingerprint density at radius 3 is 2.72 bits per heavy atom. The van der Waals surface area contributed by atoms with Gasteiger partial charge in [0.05, 0.1) is 17.6 Å². The number of thiazole rings is 1. The summed E-state index contributed by atoms with van der Waals surface area (Å²) in [6.07, 6.45) is -3.19. The van der Waals surface area contributed by atoms with Crippen LogP contribution in [0.4, 0.5) is 13.2 Å². The molecule has 1 fully saturated rings. The monoisotopic (exact) mass is 275 g/mol. The molecule has 7 heteroatoms. The molecule has 18 heavy (non-hydrogen) atoms. The molecule has 1 aromatic rings. The third-order valence-corrected chi connectivity index (χ3v) is 3.43. The quantitative estimate of drug-likeness (QED) is 0.786. The fourth-order valence-electron chi connectivity index (χ4n) is 1.57. The number of piperazine rings is 1. The fourth-order valence-corrected chi connectivity index (χ4v) is 2.23. The van der Waals surface area contributed by atoms with E-state index < -0.39 is 11.2 Å². The number of hydrogen-bond acceptors (Lipinski definition) is 4. The average Bonchev–Trinajstić information content (AvgIpc) is 2.79. The number of nitrogens with one attached hydrogen (secondary N) is 1. The van der Waals surface area contributed by atoms with Crippen molar-refractivity contribution in [1.82, 2.24) is 15.2 Å². The second kappa shape index (κ2) is 5.69. The van der Waals surface area contributed by atoms with Crippen molar-refractivity contribution in [3.05, 3.63) is 16.1 Å². The number of alkyl halides is 3. The number of hydrogen-bond donors (Lipinski definition) is 1. The first-order chi connectivity index (χ1) is 8.55. The zero-order chi connectivity index (χ0) is 13.0. The maximum absolute atomic E-state index is 12.3. The lowest BCUT2D eigenvalue weighted by Gasteiger charge is -2.24. The van der Waals surface area contributed by atoms with Crippen LogP contribution in [0.15, 0.2) is 6.20 Å². The van der Waals surface area contributed by atoms with E-state index in [9.17, 15) is 13.2 Å². The Morgan fingerprint density at radius 1 is 1.39 bits per heavy atom. The summed E-state index contributed by atoms with van der Waals surface area (Å²) < 4.78 is 36.9. The third kappa shape index (κ3) is 3.70. The number of nitrogens with zero attached hydrogens (tertiary/aromatic N) is 2. The van der Waals surface area contributed by atoms with Gasteiger partial charge in [-0.2, -0.15) is 13.2 Å². The second-order valence-corrected chi connectivity index (χ2v) is 4.89. The minimum Gasteiger partial charge on any atom is -0.314 e. The smallest absolute Gasteiger partial charge is 0.314 e. The molecule has 0 aliphatic carbocycles. The van der Waals surface area contributed by atoms with Crippen LogP contribution < -0.4 is 5.32 Å². The second-order valence-electron chi connectivity index (χ2n) is 3.86. The van der Waals surface area contributed by atoms with Crippen LogP contribution in [0.25, 0.3) is 0 Å². The predicted molar refractivity (Wildman–Crippen MR) is 63.3 cm³/mol. The first kappa shape index (κ1) is 13.3. The van der Waals surface area contributed by atoms with Gasteiger partial charge in [-0.3, -0.25) is 4.90 Å². The maximum atomic E-state index is 12.3. The van der Waals surface area contributed by atoms with E-state index in [-0.39, 0.29) is 0 Å². The summed E-state index contributed by atoms with van der Waals surface area (Å²) >= 11 is 0.586. The van der Waals surface area contributed by atoms with E-state index in [2.05, 4.69) is 27.0 Å². The van der Waals surface area contributed by atoms with Gasteiger partial charge in [0, 0.05) is 26.2 Å². The molecular weight excluding hydrogens is 263 g/mol. The highest BCUT2D eigenvalue weighted by Gasteiger charge is 2.34. The highest BCUT2D eigenvalue weighted by Crippen LogP contribution is 2.31. The highest BCUT2D eigenvalue weighted by molar-refractivity contribution is 7.12. The van der Waals surface area contributed by atoms with Gasteiger partial charge in [-0.15, -0.1) is 11.3 Å². The minimum atomic E-state index is -4.37. The van der Waals surface area contributed by atoms with E-state index in [1.54, 1.807) is 0 Å². The topological polar surface area (TPSA) is 28.2 Å². The minimum absolute atomic E-state index is 0.359. The lowest BCUT2D eigenvalue weighted by molar-refractivity contribution is -0.137.